The van der Waals surface area contributed by atoms with E-state index in [4.69, 9.17) is 18.0 Å². The van der Waals surface area contributed by atoms with Gasteiger partial charge >= 0.3 is 0 Å². The predicted octanol–water partition coefficient (Wildman–Crippen LogP) is 3.96. The van der Waals surface area contributed by atoms with Crippen molar-refractivity contribution in [3.05, 3.63) is 42.0 Å². The smallest absolute Gasteiger partial charge is 0.104 e. The fourth-order valence-corrected chi connectivity index (χ4v) is 3.81. The van der Waals surface area contributed by atoms with Crippen molar-refractivity contribution in [1.82, 2.24) is 0 Å². The molecule has 3 heteroatoms. The molecule has 0 saturated carbocycles. The Kier molecular flexibility index (Phi) is 3.85. The summed E-state index contributed by atoms with van der Waals surface area (Å²) in [4.78, 5) is 2.99. The third-order valence-electron chi connectivity index (χ3n) is 4.38. The van der Waals surface area contributed by atoms with Gasteiger partial charge in [0.25, 0.3) is 0 Å². The third-order valence-corrected chi connectivity index (χ3v) is 4.60. The number of nitrogens with zero attached hydrogens (tertiary/aromatic N) is 1. The monoisotopic (exact) mass is 298 g/mol. The summed E-state index contributed by atoms with van der Waals surface area (Å²) in [5.41, 5.74) is 8.15. The molecule has 2 nitrogen and oxygen atoms in total. The minimum absolute atomic E-state index is 0.470. The topological polar surface area (TPSA) is 29.3 Å². The van der Waals surface area contributed by atoms with Crippen LogP contribution in [-0.2, 0) is 0 Å². The lowest BCUT2D eigenvalue weighted by Crippen LogP contribution is -2.38. The van der Waals surface area contributed by atoms with Crippen molar-refractivity contribution in [3.63, 3.8) is 0 Å². The van der Waals surface area contributed by atoms with Crippen LogP contribution in [0.5, 0.6) is 0 Å². The van der Waals surface area contributed by atoms with Gasteiger partial charge in [-0.05, 0) is 35.8 Å². The Morgan fingerprint density at radius 3 is 2.29 bits per heavy atom. The molecule has 2 N–H and O–H groups in total. The van der Waals surface area contributed by atoms with Gasteiger partial charge in [-0.1, -0.05) is 50.3 Å². The van der Waals surface area contributed by atoms with Crippen LogP contribution in [0.25, 0.3) is 10.8 Å². The van der Waals surface area contributed by atoms with Crippen LogP contribution < -0.4 is 10.6 Å². The van der Waals surface area contributed by atoms with Crippen LogP contribution in [-0.4, -0.2) is 18.1 Å². The van der Waals surface area contributed by atoms with Crippen LogP contribution in [0.2, 0.25) is 0 Å². The highest BCUT2D eigenvalue weighted by atomic mass is 32.1. The van der Waals surface area contributed by atoms with Crippen LogP contribution in [0.4, 0.5) is 5.69 Å². The van der Waals surface area contributed by atoms with Crippen molar-refractivity contribution in [2.24, 2.45) is 17.6 Å². The second-order valence-electron chi connectivity index (χ2n) is 6.39. The molecular formula is C18H22N2S. The molecule has 0 bridgehead atoms. The zero-order valence-electron chi connectivity index (χ0n) is 12.7. The molecule has 0 aromatic heterocycles. The van der Waals surface area contributed by atoms with Crippen LogP contribution in [0, 0.1) is 11.8 Å². The summed E-state index contributed by atoms with van der Waals surface area (Å²) < 4.78 is 0. The Morgan fingerprint density at radius 1 is 1.05 bits per heavy atom. The van der Waals surface area contributed by atoms with Crippen molar-refractivity contribution < 1.29 is 0 Å². The fraction of sp³-hybridized carbons (Fsp3) is 0.389. The highest BCUT2D eigenvalue weighted by Gasteiger charge is 2.23. The number of hydrogen-bond acceptors (Lipinski definition) is 2. The first-order chi connectivity index (χ1) is 10.1. The van der Waals surface area contributed by atoms with Crippen molar-refractivity contribution in [2.45, 2.75) is 20.3 Å². The highest BCUT2D eigenvalue weighted by molar-refractivity contribution is 7.80. The van der Waals surface area contributed by atoms with Gasteiger partial charge in [0.15, 0.2) is 0 Å². The Morgan fingerprint density at radius 2 is 1.67 bits per heavy atom. The molecule has 0 spiro atoms. The molecule has 21 heavy (non-hydrogen) atoms. The molecule has 0 aliphatic carbocycles. The van der Waals surface area contributed by atoms with E-state index < -0.39 is 0 Å². The zero-order valence-corrected chi connectivity index (χ0v) is 13.5. The van der Waals surface area contributed by atoms with Crippen molar-refractivity contribution in [1.29, 1.82) is 0 Å². The van der Waals surface area contributed by atoms with E-state index in [1.807, 2.05) is 0 Å². The molecule has 1 fully saturated rings. The largest absolute Gasteiger partial charge is 0.389 e. The molecule has 2 aromatic rings. The van der Waals surface area contributed by atoms with Gasteiger partial charge in [-0.25, -0.2) is 0 Å². The summed E-state index contributed by atoms with van der Waals surface area (Å²) in [5, 5.41) is 2.41. The van der Waals surface area contributed by atoms with Crippen LogP contribution in [0.3, 0.4) is 0 Å². The molecule has 110 valence electrons. The second-order valence-corrected chi connectivity index (χ2v) is 6.83. The van der Waals surface area contributed by atoms with Crippen molar-refractivity contribution >= 4 is 33.7 Å². The quantitative estimate of drug-likeness (QED) is 0.851. The van der Waals surface area contributed by atoms with Gasteiger partial charge in [-0.3, -0.25) is 0 Å². The summed E-state index contributed by atoms with van der Waals surface area (Å²) in [6.07, 6.45) is 1.32. The van der Waals surface area contributed by atoms with E-state index in [0.29, 0.717) is 4.99 Å². The number of thiocarbonyl (C=S) groups is 1. The van der Waals surface area contributed by atoms with Gasteiger partial charge < -0.3 is 10.6 Å². The fourth-order valence-electron chi connectivity index (χ4n) is 3.63. The Balaban J connectivity index is 2.11. The summed E-state index contributed by atoms with van der Waals surface area (Å²) in [7, 11) is 0. The lowest BCUT2D eigenvalue weighted by atomic mass is 9.90. The maximum absolute atomic E-state index is 5.87. The lowest BCUT2D eigenvalue weighted by molar-refractivity contribution is 0.357. The molecular weight excluding hydrogens is 276 g/mol. The van der Waals surface area contributed by atoms with E-state index in [1.54, 1.807) is 0 Å². The normalized spacial score (nSPS) is 22.5. The van der Waals surface area contributed by atoms with Crippen LogP contribution in [0.1, 0.15) is 25.8 Å². The number of nitrogens with two attached hydrogens (primary N) is 1. The highest BCUT2D eigenvalue weighted by Crippen LogP contribution is 2.33. The maximum atomic E-state index is 5.87. The van der Waals surface area contributed by atoms with Crippen LogP contribution in [0.15, 0.2) is 36.4 Å². The van der Waals surface area contributed by atoms with E-state index >= 15 is 0 Å². The molecule has 0 amide bonds. The number of rotatable bonds is 2. The SMILES string of the molecule is CC1CC(C)CN(c2ccc(C(N)=S)c3ccccc23)C1. The number of anilines is 1. The van der Waals surface area contributed by atoms with E-state index in [-0.39, 0.29) is 0 Å². The molecule has 3 rings (SSSR count). The molecule has 1 aliphatic rings. The minimum Gasteiger partial charge on any atom is -0.389 e. The Bertz CT molecular complexity index is 670. The van der Waals surface area contributed by atoms with E-state index in [1.165, 1.54) is 17.5 Å². The summed E-state index contributed by atoms with van der Waals surface area (Å²) in [6, 6.07) is 12.7. The van der Waals surface area contributed by atoms with Gasteiger partial charge in [-0.15, -0.1) is 0 Å². The average Bonchev–Trinajstić information content (AvgIpc) is 2.44. The standard InChI is InChI=1S/C18H22N2S/c1-12-9-13(2)11-20(10-12)17-8-7-16(18(19)21)14-5-3-4-6-15(14)17/h3-8,12-13H,9-11H2,1-2H3,(H2,19,21). The van der Waals surface area contributed by atoms with Crippen molar-refractivity contribution in [3.8, 4) is 0 Å². The number of benzene rings is 2. The van der Waals surface area contributed by atoms with E-state index in [2.05, 4.69) is 55.1 Å². The van der Waals surface area contributed by atoms with Gasteiger partial charge in [0, 0.05) is 29.7 Å². The van der Waals surface area contributed by atoms with E-state index in [0.717, 1.165) is 35.9 Å². The first kappa shape index (κ1) is 14.3. The average molecular weight is 298 g/mol. The van der Waals surface area contributed by atoms with Gasteiger partial charge in [0.1, 0.15) is 4.99 Å². The number of piperidine rings is 1. The Hall–Kier alpha value is -1.61. The summed E-state index contributed by atoms with van der Waals surface area (Å²) in [6.45, 7) is 6.93. The van der Waals surface area contributed by atoms with Gasteiger partial charge in [0.2, 0.25) is 0 Å². The molecule has 1 saturated heterocycles. The van der Waals surface area contributed by atoms with Crippen LogP contribution >= 0.6 is 12.2 Å². The summed E-state index contributed by atoms with van der Waals surface area (Å²) >= 11 is 5.19. The Labute approximate surface area is 131 Å². The molecule has 2 aromatic carbocycles. The minimum atomic E-state index is 0.470. The van der Waals surface area contributed by atoms with E-state index in [9.17, 15) is 0 Å². The first-order valence-corrected chi connectivity index (χ1v) is 8.03. The van der Waals surface area contributed by atoms with Crippen molar-refractivity contribution in [2.75, 3.05) is 18.0 Å². The molecule has 0 radical (unpaired) electrons. The molecule has 2 atom stereocenters. The zero-order chi connectivity index (χ0) is 15.0. The predicted molar refractivity (Wildman–Crippen MR) is 95.0 cm³/mol. The molecule has 1 heterocycles. The summed E-state index contributed by atoms with van der Waals surface area (Å²) in [5.74, 6) is 1.48. The third kappa shape index (κ3) is 2.75. The number of hydrogen-bond donors (Lipinski definition) is 1. The first-order valence-electron chi connectivity index (χ1n) is 7.62. The second kappa shape index (κ2) is 5.64. The maximum Gasteiger partial charge on any atom is 0.104 e. The van der Waals surface area contributed by atoms with Gasteiger partial charge in [0.05, 0.1) is 0 Å². The lowest BCUT2D eigenvalue weighted by Gasteiger charge is -2.37. The number of fused-ring (bicyclic) bond motifs is 1. The van der Waals surface area contributed by atoms with Gasteiger partial charge in [-0.2, -0.15) is 0 Å². The molecule has 1 aliphatic heterocycles. The molecule has 2 unspecified atom stereocenters.